The normalized spacial score (nSPS) is 10.4. The third-order valence-corrected chi connectivity index (χ3v) is 2.84. The molecule has 0 saturated heterocycles. The van der Waals surface area contributed by atoms with E-state index in [4.69, 9.17) is 4.74 Å². The summed E-state index contributed by atoms with van der Waals surface area (Å²) in [7, 11) is 0. The van der Waals surface area contributed by atoms with E-state index in [2.05, 4.69) is 32.2 Å². The molecule has 0 aromatic carbocycles. The maximum atomic E-state index is 5.56. The molecular formula is C15H21N5O. The van der Waals surface area contributed by atoms with Gasteiger partial charge in [0, 0.05) is 24.5 Å². The van der Waals surface area contributed by atoms with Crippen molar-refractivity contribution in [3.05, 3.63) is 24.0 Å². The van der Waals surface area contributed by atoms with Gasteiger partial charge in [-0.25, -0.2) is 0 Å². The van der Waals surface area contributed by atoms with Gasteiger partial charge in [0.2, 0.25) is 5.95 Å². The maximum Gasteiger partial charge on any atom is 0.321 e. The topological polar surface area (TPSA) is 72.8 Å². The number of rotatable bonds is 7. The Bertz CT molecular complexity index is 562. The predicted octanol–water partition coefficient (Wildman–Crippen LogP) is 2.85. The second-order valence-electron chi connectivity index (χ2n) is 4.73. The van der Waals surface area contributed by atoms with E-state index in [0.29, 0.717) is 24.4 Å². The Kier molecular flexibility index (Phi) is 5.43. The van der Waals surface area contributed by atoms with Crippen LogP contribution in [0.25, 0.3) is 11.4 Å². The number of pyridine rings is 1. The highest BCUT2D eigenvalue weighted by molar-refractivity contribution is 5.60. The average Bonchev–Trinajstić information content (AvgIpc) is 2.51. The molecule has 6 nitrogen and oxygen atoms in total. The molecule has 0 fully saturated rings. The van der Waals surface area contributed by atoms with E-state index in [1.165, 1.54) is 0 Å². The van der Waals surface area contributed by atoms with Crippen molar-refractivity contribution < 1.29 is 4.74 Å². The van der Waals surface area contributed by atoms with Crippen LogP contribution in [0.2, 0.25) is 0 Å². The van der Waals surface area contributed by atoms with Crippen LogP contribution in [-0.2, 0) is 0 Å². The quantitative estimate of drug-likeness (QED) is 0.844. The van der Waals surface area contributed by atoms with Gasteiger partial charge in [0.15, 0.2) is 5.82 Å². The first-order valence-electron chi connectivity index (χ1n) is 7.28. The number of hydrogen-bond donors (Lipinski definition) is 1. The van der Waals surface area contributed by atoms with Gasteiger partial charge in [-0.2, -0.15) is 15.0 Å². The number of ether oxygens (including phenoxy) is 1. The first kappa shape index (κ1) is 15.2. The van der Waals surface area contributed by atoms with Gasteiger partial charge in [0.05, 0.1) is 6.61 Å². The lowest BCUT2D eigenvalue weighted by atomic mass is 10.1. The smallest absolute Gasteiger partial charge is 0.321 e. The fourth-order valence-corrected chi connectivity index (χ4v) is 1.77. The van der Waals surface area contributed by atoms with E-state index in [1.54, 1.807) is 12.4 Å². The molecule has 2 aromatic rings. The minimum atomic E-state index is 0.358. The van der Waals surface area contributed by atoms with Gasteiger partial charge >= 0.3 is 6.01 Å². The Hall–Kier alpha value is -2.24. The van der Waals surface area contributed by atoms with E-state index < -0.39 is 0 Å². The summed E-state index contributed by atoms with van der Waals surface area (Å²) in [5.74, 6) is 1.15. The molecule has 0 saturated carbocycles. The summed E-state index contributed by atoms with van der Waals surface area (Å²) in [5.41, 5.74) is 1.96. The molecule has 0 radical (unpaired) electrons. The zero-order valence-electron chi connectivity index (χ0n) is 12.8. The van der Waals surface area contributed by atoms with Crippen molar-refractivity contribution in [1.82, 2.24) is 19.9 Å². The summed E-state index contributed by atoms with van der Waals surface area (Å²) in [5, 5.41) is 3.18. The van der Waals surface area contributed by atoms with Gasteiger partial charge in [-0.3, -0.25) is 4.98 Å². The molecule has 0 atom stereocenters. The Balaban J connectivity index is 2.36. The number of hydrogen-bond acceptors (Lipinski definition) is 6. The lowest BCUT2D eigenvalue weighted by Crippen LogP contribution is -2.09. The summed E-state index contributed by atoms with van der Waals surface area (Å²) in [6, 6.07) is 2.26. The second kappa shape index (κ2) is 7.52. The summed E-state index contributed by atoms with van der Waals surface area (Å²) < 4.78 is 5.56. The van der Waals surface area contributed by atoms with Crippen molar-refractivity contribution in [3.8, 4) is 17.4 Å². The van der Waals surface area contributed by atoms with Gasteiger partial charge < -0.3 is 10.1 Å². The molecule has 112 valence electrons. The molecule has 0 aliphatic rings. The van der Waals surface area contributed by atoms with Crippen LogP contribution < -0.4 is 10.1 Å². The molecule has 0 unspecified atom stereocenters. The van der Waals surface area contributed by atoms with Crippen LogP contribution in [0.15, 0.2) is 18.5 Å². The highest BCUT2D eigenvalue weighted by Crippen LogP contribution is 2.21. The molecule has 1 N–H and O–H groups in total. The van der Waals surface area contributed by atoms with Crippen LogP contribution in [0.4, 0.5) is 5.95 Å². The summed E-state index contributed by atoms with van der Waals surface area (Å²) in [6.07, 6.45) is 5.44. The number of aryl methyl sites for hydroxylation is 1. The zero-order chi connectivity index (χ0) is 15.1. The van der Waals surface area contributed by atoms with Crippen LogP contribution in [0.3, 0.4) is 0 Å². The van der Waals surface area contributed by atoms with Crippen LogP contribution in [-0.4, -0.2) is 33.1 Å². The average molecular weight is 287 g/mol. The summed E-state index contributed by atoms with van der Waals surface area (Å²) in [4.78, 5) is 17.3. The van der Waals surface area contributed by atoms with E-state index in [0.717, 1.165) is 30.5 Å². The number of nitrogens with one attached hydrogen (secondary N) is 1. The summed E-state index contributed by atoms with van der Waals surface area (Å²) >= 11 is 0. The van der Waals surface area contributed by atoms with Gasteiger partial charge in [-0.15, -0.1) is 0 Å². The molecule has 0 bridgehead atoms. The number of anilines is 1. The van der Waals surface area contributed by atoms with Crippen molar-refractivity contribution in [2.24, 2.45) is 0 Å². The molecule has 0 spiro atoms. The largest absolute Gasteiger partial charge is 0.463 e. The molecule has 21 heavy (non-hydrogen) atoms. The van der Waals surface area contributed by atoms with Crippen molar-refractivity contribution >= 4 is 5.95 Å². The fraction of sp³-hybridized carbons (Fsp3) is 0.467. The number of nitrogens with zero attached hydrogens (tertiary/aromatic N) is 4. The monoisotopic (exact) mass is 287 g/mol. The van der Waals surface area contributed by atoms with E-state index >= 15 is 0 Å². The van der Waals surface area contributed by atoms with Crippen LogP contribution in [0, 0.1) is 6.92 Å². The SMILES string of the molecule is CCCNc1nc(OCCC)nc(-c2ccncc2C)n1. The lowest BCUT2D eigenvalue weighted by Gasteiger charge is -2.10. The van der Waals surface area contributed by atoms with Crippen molar-refractivity contribution in [1.29, 1.82) is 0 Å². The first-order chi connectivity index (χ1) is 10.2. The van der Waals surface area contributed by atoms with E-state index in [1.807, 2.05) is 19.9 Å². The maximum absolute atomic E-state index is 5.56. The molecule has 6 heteroatoms. The van der Waals surface area contributed by atoms with Gasteiger partial charge in [-0.05, 0) is 31.4 Å². The fourth-order valence-electron chi connectivity index (χ4n) is 1.77. The zero-order valence-corrected chi connectivity index (χ0v) is 12.8. The third kappa shape index (κ3) is 4.11. The number of aromatic nitrogens is 4. The van der Waals surface area contributed by atoms with Crippen molar-refractivity contribution in [2.45, 2.75) is 33.6 Å². The highest BCUT2D eigenvalue weighted by atomic mass is 16.5. The van der Waals surface area contributed by atoms with Crippen LogP contribution in [0.1, 0.15) is 32.3 Å². The van der Waals surface area contributed by atoms with E-state index in [9.17, 15) is 0 Å². The Labute approximate surface area is 125 Å². The first-order valence-corrected chi connectivity index (χ1v) is 7.28. The molecule has 2 aromatic heterocycles. The molecular weight excluding hydrogens is 266 g/mol. The van der Waals surface area contributed by atoms with Crippen LogP contribution >= 0.6 is 0 Å². The molecule has 0 aliphatic carbocycles. The Morgan fingerprint density at radius 1 is 1.14 bits per heavy atom. The lowest BCUT2D eigenvalue weighted by molar-refractivity contribution is 0.292. The Morgan fingerprint density at radius 2 is 2.00 bits per heavy atom. The van der Waals surface area contributed by atoms with E-state index in [-0.39, 0.29) is 0 Å². The van der Waals surface area contributed by atoms with Gasteiger partial charge in [-0.1, -0.05) is 13.8 Å². The standard InChI is InChI=1S/C15H21N5O/c1-4-7-17-14-18-13(12-6-8-16-10-11(12)3)19-15(20-14)21-9-5-2/h6,8,10H,4-5,7,9H2,1-3H3,(H,17,18,19,20). The molecule has 2 rings (SSSR count). The molecule has 0 aliphatic heterocycles. The summed E-state index contributed by atoms with van der Waals surface area (Å²) in [6.45, 7) is 7.53. The molecule has 2 heterocycles. The van der Waals surface area contributed by atoms with Crippen molar-refractivity contribution in [2.75, 3.05) is 18.5 Å². The highest BCUT2D eigenvalue weighted by Gasteiger charge is 2.11. The van der Waals surface area contributed by atoms with Gasteiger partial charge in [0.25, 0.3) is 0 Å². The van der Waals surface area contributed by atoms with Gasteiger partial charge in [0.1, 0.15) is 0 Å². The minimum Gasteiger partial charge on any atom is -0.463 e. The second-order valence-corrected chi connectivity index (χ2v) is 4.73. The Morgan fingerprint density at radius 3 is 2.71 bits per heavy atom. The molecule has 0 amide bonds. The van der Waals surface area contributed by atoms with Crippen LogP contribution in [0.5, 0.6) is 6.01 Å². The third-order valence-electron chi connectivity index (χ3n) is 2.84. The van der Waals surface area contributed by atoms with Crippen molar-refractivity contribution in [3.63, 3.8) is 0 Å². The predicted molar refractivity (Wildman–Crippen MR) is 82.4 cm³/mol. The minimum absolute atomic E-state index is 0.358.